The predicted octanol–water partition coefficient (Wildman–Crippen LogP) is 1.01. The highest BCUT2D eigenvalue weighted by atomic mass is 16.2. The summed E-state index contributed by atoms with van der Waals surface area (Å²) in [5, 5.41) is 2.88. The molecule has 2 unspecified atom stereocenters. The molecule has 2 atom stereocenters. The molecule has 3 rings (SSSR count). The van der Waals surface area contributed by atoms with Crippen molar-refractivity contribution in [1.29, 1.82) is 0 Å². The van der Waals surface area contributed by atoms with E-state index in [-0.39, 0.29) is 23.7 Å². The van der Waals surface area contributed by atoms with Crippen LogP contribution in [0, 0.1) is 11.8 Å². The summed E-state index contributed by atoms with van der Waals surface area (Å²) in [6, 6.07) is 5.79. The number of hydrogen-bond acceptors (Lipinski definition) is 5. The van der Waals surface area contributed by atoms with Gasteiger partial charge in [0.2, 0.25) is 11.8 Å². The number of nitrogens with two attached hydrogens (primary N) is 1. The van der Waals surface area contributed by atoms with Crippen molar-refractivity contribution in [2.45, 2.75) is 39.2 Å². The lowest BCUT2D eigenvalue weighted by Gasteiger charge is -2.31. The minimum atomic E-state index is -0.855. The van der Waals surface area contributed by atoms with Gasteiger partial charge in [-0.2, -0.15) is 0 Å². The first-order valence-corrected chi connectivity index (χ1v) is 10.6. The molecular weight excluding hydrogens is 384 g/mol. The summed E-state index contributed by atoms with van der Waals surface area (Å²) >= 11 is 0. The Kier molecular flexibility index (Phi) is 6.87. The third-order valence-corrected chi connectivity index (χ3v) is 5.86. The second-order valence-corrected chi connectivity index (χ2v) is 8.40. The van der Waals surface area contributed by atoms with Crippen LogP contribution in [0.5, 0.6) is 0 Å². The maximum atomic E-state index is 12.9. The molecule has 1 aromatic rings. The Morgan fingerprint density at radius 2 is 1.80 bits per heavy atom. The number of hydrogen-bond donors (Lipinski definition) is 2. The third kappa shape index (κ3) is 4.53. The number of primary amides is 1. The van der Waals surface area contributed by atoms with Crippen molar-refractivity contribution in [2.75, 3.05) is 26.2 Å². The largest absolute Gasteiger partial charge is 0.369 e. The minimum Gasteiger partial charge on any atom is -0.369 e. The van der Waals surface area contributed by atoms with Crippen LogP contribution in [-0.2, 0) is 9.59 Å². The molecule has 1 saturated heterocycles. The van der Waals surface area contributed by atoms with Gasteiger partial charge in [-0.25, -0.2) is 0 Å². The topological polar surface area (TPSA) is 113 Å². The van der Waals surface area contributed by atoms with Crippen molar-refractivity contribution in [3.8, 4) is 0 Å². The lowest BCUT2D eigenvalue weighted by molar-refractivity contribution is -0.126. The number of nitrogens with one attached hydrogen (secondary N) is 1. The molecule has 0 aromatic heterocycles. The maximum absolute atomic E-state index is 12.9. The molecule has 4 amide bonds. The van der Waals surface area contributed by atoms with Crippen molar-refractivity contribution in [1.82, 2.24) is 15.1 Å². The Balaban J connectivity index is 1.55. The Labute approximate surface area is 176 Å². The van der Waals surface area contributed by atoms with Gasteiger partial charge in [-0.05, 0) is 50.4 Å². The van der Waals surface area contributed by atoms with E-state index in [0.717, 1.165) is 30.8 Å². The van der Waals surface area contributed by atoms with Crippen LogP contribution in [0.15, 0.2) is 24.3 Å². The molecule has 2 aliphatic heterocycles. The second-order valence-electron chi connectivity index (χ2n) is 8.40. The fourth-order valence-corrected chi connectivity index (χ4v) is 4.29. The third-order valence-electron chi connectivity index (χ3n) is 5.86. The number of carbonyl (C=O) groups excluding carboxylic acids is 4. The smallest absolute Gasteiger partial charge is 0.262 e. The van der Waals surface area contributed by atoms with Crippen molar-refractivity contribution in [3.05, 3.63) is 35.4 Å². The molecule has 3 N–H and O–H groups in total. The standard InChI is InChI=1S/C22H30N4O4/c1-14(2)18(26-21(29)16-8-3-4-9-17(16)22(26)30)20(28)24-10-6-12-25-11-5-7-15(13-25)19(23)27/h3-4,8-9,14-15,18H,5-7,10-13H2,1-2H3,(H2,23,27)(H,24,28). The zero-order valence-electron chi connectivity index (χ0n) is 17.6. The van der Waals surface area contributed by atoms with E-state index in [1.54, 1.807) is 24.3 Å². The fourth-order valence-electron chi connectivity index (χ4n) is 4.29. The van der Waals surface area contributed by atoms with Crippen molar-refractivity contribution in [2.24, 2.45) is 17.6 Å². The van der Waals surface area contributed by atoms with E-state index in [9.17, 15) is 19.2 Å². The van der Waals surface area contributed by atoms with Gasteiger partial charge >= 0.3 is 0 Å². The highest BCUT2D eigenvalue weighted by Gasteiger charge is 2.43. The number of piperidine rings is 1. The first kappa shape index (κ1) is 22.0. The van der Waals surface area contributed by atoms with Crippen LogP contribution in [0.1, 0.15) is 53.8 Å². The van der Waals surface area contributed by atoms with Gasteiger partial charge in [-0.3, -0.25) is 24.1 Å². The molecule has 8 heteroatoms. The summed E-state index contributed by atoms with van der Waals surface area (Å²) in [4.78, 5) is 53.1. The van der Waals surface area contributed by atoms with E-state index in [4.69, 9.17) is 5.73 Å². The van der Waals surface area contributed by atoms with Gasteiger partial charge in [0.05, 0.1) is 17.0 Å². The summed E-state index contributed by atoms with van der Waals surface area (Å²) < 4.78 is 0. The minimum absolute atomic E-state index is 0.104. The molecule has 8 nitrogen and oxygen atoms in total. The van der Waals surface area contributed by atoms with Gasteiger partial charge in [0.15, 0.2) is 0 Å². The molecule has 0 aliphatic carbocycles. The van der Waals surface area contributed by atoms with Crippen molar-refractivity contribution in [3.63, 3.8) is 0 Å². The first-order valence-electron chi connectivity index (χ1n) is 10.6. The molecule has 2 aliphatic rings. The van der Waals surface area contributed by atoms with Crippen molar-refractivity contribution >= 4 is 23.6 Å². The summed E-state index contributed by atoms with van der Waals surface area (Å²) in [7, 11) is 0. The van der Waals surface area contributed by atoms with E-state index < -0.39 is 17.9 Å². The molecule has 0 saturated carbocycles. The number of imide groups is 1. The number of fused-ring (bicyclic) bond motifs is 1. The van der Waals surface area contributed by atoms with Crippen LogP contribution in [0.2, 0.25) is 0 Å². The van der Waals surface area contributed by atoms with Crippen LogP contribution >= 0.6 is 0 Å². The zero-order valence-corrected chi connectivity index (χ0v) is 17.6. The maximum Gasteiger partial charge on any atom is 0.262 e. The Morgan fingerprint density at radius 3 is 2.37 bits per heavy atom. The Morgan fingerprint density at radius 1 is 1.17 bits per heavy atom. The SMILES string of the molecule is CC(C)C(C(=O)NCCCN1CCCC(C(N)=O)C1)N1C(=O)c2ccccc2C1=O. The molecule has 1 fully saturated rings. The number of likely N-dealkylation sites (tertiary alicyclic amines) is 1. The molecule has 162 valence electrons. The highest BCUT2D eigenvalue weighted by Crippen LogP contribution is 2.27. The number of nitrogens with zero attached hydrogens (tertiary/aromatic N) is 2. The summed E-state index contributed by atoms with van der Waals surface area (Å²) in [6.45, 7) is 6.41. The van der Waals surface area contributed by atoms with Gasteiger partial charge in [0, 0.05) is 13.1 Å². The zero-order chi connectivity index (χ0) is 21.8. The summed E-state index contributed by atoms with van der Waals surface area (Å²) in [5.74, 6) is -1.74. The summed E-state index contributed by atoms with van der Waals surface area (Å²) in [6.07, 6.45) is 2.48. The molecule has 1 aromatic carbocycles. The quantitative estimate of drug-likeness (QED) is 0.487. The molecule has 0 spiro atoms. The van der Waals surface area contributed by atoms with Crippen LogP contribution in [-0.4, -0.2) is 65.6 Å². The first-order chi connectivity index (χ1) is 14.3. The van der Waals surface area contributed by atoms with Crippen LogP contribution in [0.25, 0.3) is 0 Å². The van der Waals surface area contributed by atoms with Gasteiger partial charge in [0.1, 0.15) is 6.04 Å². The predicted molar refractivity (Wildman–Crippen MR) is 112 cm³/mol. The number of amides is 4. The van der Waals surface area contributed by atoms with E-state index in [1.807, 2.05) is 13.8 Å². The van der Waals surface area contributed by atoms with E-state index in [2.05, 4.69) is 10.2 Å². The number of carbonyl (C=O) groups is 4. The van der Waals surface area contributed by atoms with Crippen LogP contribution in [0.4, 0.5) is 0 Å². The molecular formula is C22H30N4O4. The second kappa shape index (κ2) is 9.38. The van der Waals surface area contributed by atoms with Crippen LogP contribution < -0.4 is 11.1 Å². The Hall–Kier alpha value is -2.74. The lowest BCUT2D eigenvalue weighted by Crippen LogP contribution is -2.52. The molecule has 2 heterocycles. The van der Waals surface area contributed by atoms with E-state index >= 15 is 0 Å². The summed E-state index contributed by atoms with van der Waals surface area (Å²) in [5.41, 5.74) is 6.10. The monoisotopic (exact) mass is 414 g/mol. The average molecular weight is 415 g/mol. The highest BCUT2D eigenvalue weighted by molar-refractivity contribution is 6.22. The Bertz CT molecular complexity index is 803. The molecule has 0 radical (unpaired) electrons. The van der Waals surface area contributed by atoms with E-state index in [0.29, 0.717) is 30.6 Å². The normalized spacial score (nSPS) is 20.4. The fraction of sp³-hybridized carbons (Fsp3) is 0.545. The van der Waals surface area contributed by atoms with Crippen LogP contribution in [0.3, 0.4) is 0 Å². The van der Waals surface area contributed by atoms with E-state index in [1.165, 1.54) is 0 Å². The van der Waals surface area contributed by atoms with Gasteiger partial charge in [-0.15, -0.1) is 0 Å². The van der Waals surface area contributed by atoms with Gasteiger partial charge in [-0.1, -0.05) is 26.0 Å². The number of rotatable bonds is 8. The lowest BCUT2D eigenvalue weighted by atomic mass is 9.97. The molecule has 0 bridgehead atoms. The number of benzene rings is 1. The molecule has 30 heavy (non-hydrogen) atoms. The van der Waals surface area contributed by atoms with Gasteiger partial charge in [0.25, 0.3) is 11.8 Å². The van der Waals surface area contributed by atoms with Crippen molar-refractivity contribution < 1.29 is 19.2 Å². The average Bonchev–Trinajstić information content (AvgIpc) is 2.97. The van der Waals surface area contributed by atoms with Gasteiger partial charge < -0.3 is 16.0 Å².